The first-order valence-corrected chi connectivity index (χ1v) is 9.49. The Labute approximate surface area is 165 Å². The summed E-state index contributed by atoms with van der Waals surface area (Å²) in [5.41, 5.74) is 2.44. The van der Waals surface area contributed by atoms with Crippen LogP contribution in [0.3, 0.4) is 0 Å². The maximum atomic E-state index is 12.2. The summed E-state index contributed by atoms with van der Waals surface area (Å²) in [5, 5.41) is 9.02. The van der Waals surface area contributed by atoms with Gasteiger partial charge in [0.25, 0.3) is 0 Å². The number of pyridine rings is 1. The highest BCUT2D eigenvalue weighted by atomic mass is 16.6. The molecule has 0 radical (unpaired) electrons. The molecule has 1 aromatic heterocycles. The summed E-state index contributed by atoms with van der Waals surface area (Å²) in [6, 6.07) is 12.6. The maximum Gasteiger partial charge on any atom is 0.410 e. The second-order valence-corrected chi connectivity index (χ2v) is 8.18. The molecule has 0 saturated carbocycles. The Morgan fingerprint density at radius 1 is 1.18 bits per heavy atom. The van der Waals surface area contributed by atoms with E-state index in [2.05, 4.69) is 0 Å². The standard InChI is InChI=1S/C22H26N2O4/c1-22(2,3)28-21(27)24-12-11-15(14-24)13-18-5-4-6-19(23-18)16-7-9-17(10-8-16)20(25)26/h4-10,15H,11-14H2,1-3H3,(H,25,26). The van der Waals surface area contributed by atoms with Crippen LogP contribution in [0.5, 0.6) is 0 Å². The fraction of sp³-hybridized carbons (Fsp3) is 0.409. The Morgan fingerprint density at radius 3 is 2.54 bits per heavy atom. The smallest absolute Gasteiger partial charge is 0.410 e. The van der Waals surface area contributed by atoms with E-state index in [1.54, 1.807) is 29.2 Å². The summed E-state index contributed by atoms with van der Waals surface area (Å²) in [6.07, 6.45) is 1.47. The summed E-state index contributed by atoms with van der Waals surface area (Å²) in [7, 11) is 0. The quantitative estimate of drug-likeness (QED) is 0.855. The fourth-order valence-corrected chi connectivity index (χ4v) is 3.32. The minimum Gasteiger partial charge on any atom is -0.478 e. The van der Waals surface area contributed by atoms with Gasteiger partial charge < -0.3 is 14.7 Å². The third-order valence-electron chi connectivity index (χ3n) is 4.67. The van der Waals surface area contributed by atoms with Crippen LogP contribution >= 0.6 is 0 Å². The largest absolute Gasteiger partial charge is 0.478 e. The molecule has 1 aliphatic heterocycles. The van der Waals surface area contributed by atoms with Gasteiger partial charge in [-0.3, -0.25) is 4.98 Å². The van der Waals surface area contributed by atoms with E-state index >= 15 is 0 Å². The van der Waals surface area contributed by atoms with E-state index in [9.17, 15) is 9.59 Å². The van der Waals surface area contributed by atoms with Crippen LogP contribution in [0.4, 0.5) is 4.79 Å². The number of amides is 1. The molecule has 28 heavy (non-hydrogen) atoms. The molecule has 1 amide bonds. The Morgan fingerprint density at radius 2 is 1.89 bits per heavy atom. The van der Waals surface area contributed by atoms with Gasteiger partial charge in [0.15, 0.2) is 0 Å². The Kier molecular flexibility index (Phi) is 5.68. The van der Waals surface area contributed by atoms with Gasteiger partial charge in [0.1, 0.15) is 5.60 Å². The molecule has 6 nitrogen and oxygen atoms in total. The molecule has 1 unspecified atom stereocenters. The number of nitrogens with zero attached hydrogens (tertiary/aromatic N) is 2. The van der Waals surface area contributed by atoms with Gasteiger partial charge in [-0.15, -0.1) is 0 Å². The molecule has 1 aromatic carbocycles. The predicted octanol–water partition coefficient (Wildman–Crippen LogP) is 4.25. The van der Waals surface area contributed by atoms with E-state index in [1.165, 1.54) is 0 Å². The minimum absolute atomic E-state index is 0.254. The van der Waals surface area contributed by atoms with E-state index in [0.29, 0.717) is 19.0 Å². The van der Waals surface area contributed by atoms with Crippen LogP contribution in [-0.4, -0.2) is 45.7 Å². The summed E-state index contributed by atoms with van der Waals surface area (Å²) in [5.74, 6) is -0.589. The number of aromatic nitrogens is 1. The van der Waals surface area contributed by atoms with Crippen LogP contribution in [0.25, 0.3) is 11.3 Å². The lowest BCUT2D eigenvalue weighted by Crippen LogP contribution is -2.35. The van der Waals surface area contributed by atoms with Gasteiger partial charge in [-0.05, 0) is 63.8 Å². The van der Waals surface area contributed by atoms with Crippen LogP contribution in [0, 0.1) is 5.92 Å². The number of carbonyl (C=O) groups excluding carboxylic acids is 1. The number of benzene rings is 1. The number of ether oxygens (including phenoxy) is 1. The van der Waals surface area contributed by atoms with Gasteiger partial charge in [0, 0.05) is 24.3 Å². The zero-order chi connectivity index (χ0) is 20.3. The number of rotatable bonds is 4. The summed E-state index contributed by atoms with van der Waals surface area (Å²) in [6.45, 7) is 6.99. The Hall–Kier alpha value is -2.89. The lowest BCUT2D eigenvalue weighted by Gasteiger charge is -2.24. The third-order valence-corrected chi connectivity index (χ3v) is 4.67. The molecule has 1 atom stereocenters. The molecular weight excluding hydrogens is 356 g/mol. The van der Waals surface area contributed by atoms with Gasteiger partial charge in [-0.25, -0.2) is 9.59 Å². The van der Waals surface area contributed by atoms with Crippen LogP contribution in [0.15, 0.2) is 42.5 Å². The number of likely N-dealkylation sites (tertiary alicyclic amines) is 1. The highest BCUT2D eigenvalue weighted by molar-refractivity contribution is 5.88. The van der Waals surface area contributed by atoms with Crippen LogP contribution < -0.4 is 0 Å². The normalized spacial score (nSPS) is 16.8. The van der Waals surface area contributed by atoms with Crippen LogP contribution in [0.1, 0.15) is 43.2 Å². The van der Waals surface area contributed by atoms with Crippen LogP contribution in [0.2, 0.25) is 0 Å². The molecule has 3 rings (SSSR count). The van der Waals surface area contributed by atoms with E-state index in [-0.39, 0.29) is 11.7 Å². The number of carboxylic acid groups (broad SMARTS) is 1. The van der Waals surface area contributed by atoms with Gasteiger partial charge >= 0.3 is 12.1 Å². The molecule has 0 spiro atoms. The molecule has 2 aromatic rings. The van der Waals surface area contributed by atoms with Crippen LogP contribution in [-0.2, 0) is 11.2 Å². The summed E-state index contributed by atoms with van der Waals surface area (Å²) < 4.78 is 5.45. The van der Waals surface area contributed by atoms with E-state index in [0.717, 1.165) is 29.8 Å². The molecule has 1 saturated heterocycles. The molecule has 0 aliphatic carbocycles. The predicted molar refractivity (Wildman–Crippen MR) is 106 cm³/mol. The zero-order valence-electron chi connectivity index (χ0n) is 16.5. The number of carboxylic acids is 1. The van der Waals surface area contributed by atoms with Gasteiger partial charge in [-0.1, -0.05) is 18.2 Å². The number of aromatic carboxylic acids is 1. The average Bonchev–Trinajstić information content (AvgIpc) is 3.09. The molecular formula is C22H26N2O4. The van der Waals surface area contributed by atoms with E-state index in [4.69, 9.17) is 14.8 Å². The summed E-state index contributed by atoms with van der Waals surface area (Å²) >= 11 is 0. The molecule has 0 bridgehead atoms. The van der Waals surface area contributed by atoms with Gasteiger partial charge in [-0.2, -0.15) is 0 Å². The second kappa shape index (κ2) is 8.00. The van der Waals surface area contributed by atoms with E-state index < -0.39 is 11.6 Å². The SMILES string of the molecule is CC(C)(C)OC(=O)N1CCC(Cc2cccc(-c3ccc(C(=O)O)cc3)n2)C1. The minimum atomic E-state index is -0.941. The fourth-order valence-electron chi connectivity index (χ4n) is 3.32. The van der Waals surface area contributed by atoms with Crippen molar-refractivity contribution in [3.63, 3.8) is 0 Å². The van der Waals surface area contributed by atoms with Crippen molar-refractivity contribution in [2.24, 2.45) is 5.92 Å². The first kappa shape index (κ1) is 19.9. The molecule has 6 heteroatoms. The van der Waals surface area contributed by atoms with Gasteiger partial charge in [0.2, 0.25) is 0 Å². The molecule has 148 valence electrons. The topological polar surface area (TPSA) is 79.7 Å². The average molecular weight is 382 g/mol. The van der Waals surface area contributed by atoms with Crippen molar-refractivity contribution >= 4 is 12.1 Å². The van der Waals surface area contributed by atoms with Gasteiger partial charge in [0.05, 0.1) is 11.3 Å². The number of hydrogen-bond donors (Lipinski definition) is 1. The van der Waals surface area contributed by atoms with E-state index in [1.807, 2.05) is 39.0 Å². The third kappa shape index (κ3) is 5.09. The lowest BCUT2D eigenvalue weighted by molar-refractivity contribution is 0.0288. The first-order valence-electron chi connectivity index (χ1n) is 9.49. The van der Waals surface area contributed by atoms with Crippen molar-refractivity contribution in [1.82, 2.24) is 9.88 Å². The van der Waals surface area contributed by atoms with Crippen molar-refractivity contribution in [2.45, 2.75) is 39.2 Å². The maximum absolute atomic E-state index is 12.2. The monoisotopic (exact) mass is 382 g/mol. The molecule has 2 heterocycles. The van der Waals surface area contributed by atoms with Crippen molar-refractivity contribution in [2.75, 3.05) is 13.1 Å². The number of carbonyl (C=O) groups is 2. The van der Waals surface area contributed by atoms with Crippen molar-refractivity contribution in [3.05, 3.63) is 53.7 Å². The summed E-state index contributed by atoms with van der Waals surface area (Å²) in [4.78, 5) is 29.7. The second-order valence-electron chi connectivity index (χ2n) is 8.18. The Balaban J connectivity index is 1.64. The zero-order valence-corrected chi connectivity index (χ0v) is 16.5. The lowest BCUT2D eigenvalue weighted by atomic mass is 10.0. The molecule has 1 aliphatic rings. The molecule has 1 fully saturated rings. The Bertz CT molecular complexity index is 856. The van der Waals surface area contributed by atoms with Crippen molar-refractivity contribution in [3.8, 4) is 11.3 Å². The number of hydrogen-bond acceptors (Lipinski definition) is 4. The first-order chi connectivity index (χ1) is 13.2. The highest BCUT2D eigenvalue weighted by Gasteiger charge is 2.30. The molecule has 1 N–H and O–H groups in total. The van der Waals surface area contributed by atoms with Crippen molar-refractivity contribution in [1.29, 1.82) is 0 Å². The van der Waals surface area contributed by atoms with Crippen molar-refractivity contribution < 1.29 is 19.4 Å². The highest BCUT2D eigenvalue weighted by Crippen LogP contribution is 2.24.